The van der Waals surface area contributed by atoms with Crippen molar-refractivity contribution < 1.29 is 14.5 Å². The van der Waals surface area contributed by atoms with Crippen LogP contribution >= 0.6 is 23.2 Å². The van der Waals surface area contributed by atoms with Gasteiger partial charge in [0.15, 0.2) is 12.4 Å². The van der Waals surface area contributed by atoms with Gasteiger partial charge in [0.05, 0.1) is 4.92 Å². The van der Waals surface area contributed by atoms with E-state index in [0.29, 0.717) is 10.7 Å². The van der Waals surface area contributed by atoms with Gasteiger partial charge in [0.1, 0.15) is 0 Å². The van der Waals surface area contributed by atoms with Crippen molar-refractivity contribution in [3.05, 3.63) is 62.6 Å². The molecule has 0 aliphatic carbocycles. The van der Waals surface area contributed by atoms with Crippen molar-refractivity contribution in [1.29, 1.82) is 0 Å². The van der Waals surface area contributed by atoms with Gasteiger partial charge in [-0.05, 0) is 36.4 Å². The SMILES string of the molecule is O=C(COc1ccc(Cl)cc1[N+](=O)[O-])Nc1ccc(Cl)cc1. The maximum absolute atomic E-state index is 11.8. The predicted octanol–water partition coefficient (Wildman–Crippen LogP) is 3.92. The predicted molar refractivity (Wildman–Crippen MR) is 83.7 cm³/mol. The van der Waals surface area contributed by atoms with Crippen LogP contribution in [-0.4, -0.2) is 17.4 Å². The average Bonchev–Trinajstić information content (AvgIpc) is 2.48. The molecule has 0 aliphatic heterocycles. The standard InChI is InChI=1S/C14H10Cl2N2O4/c15-9-1-4-11(5-2-9)17-14(19)8-22-13-6-3-10(16)7-12(13)18(20)21/h1-7H,8H2,(H,17,19). The van der Waals surface area contributed by atoms with E-state index in [0.717, 1.165) is 6.07 Å². The molecule has 6 nitrogen and oxygen atoms in total. The van der Waals surface area contributed by atoms with E-state index >= 15 is 0 Å². The minimum Gasteiger partial charge on any atom is -0.477 e. The zero-order valence-corrected chi connectivity index (χ0v) is 12.6. The van der Waals surface area contributed by atoms with Crippen molar-refractivity contribution in [1.82, 2.24) is 0 Å². The molecule has 0 saturated carbocycles. The summed E-state index contributed by atoms with van der Waals surface area (Å²) >= 11 is 11.4. The van der Waals surface area contributed by atoms with E-state index in [4.69, 9.17) is 27.9 Å². The fourth-order valence-electron chi connectivity index (χ4n) is 1.63. The van der Waals surface area contributed by atoms with Gasteiger partial charge in [-0.15, -0.1) is 0 Å². The Hall–Kier alpha value is -2.31. The number of carbonyl (C=O) groups is 1. The number of nitro groups is 1. The first-order valence-corrected chi connectivity index (χ1v) is 6.83. The van der Waals surface area contributed by atoms with Crippen LogP contribution in [0.5, 0.6) is 5.75 Å². The molecular weight excluding hydrogens is 331 g/mol. The Morgan fingerprint density at radius 3 is 2.41 bits per heavy atom. The molecule has 2 rings (SSSR count). The van der Waals surface area contributed by atoms with Crippen LogP contribution in [0, 0.1) is 10.1 Å². The molecule has 0 unspecified atom stereocenters. The number of nitrogens with zero attached hydrogens (tertiary/aromatic N) is 1. The molecule has 114 valence electrons. The molecule has 22 heavy (non-hydrogen) atoms. The number of ether oxygens (including phenoxy) is 1. The second kappa shape index (κ2) is 7.11. The Bertz CT molecular complexity index is 704. The van der Waals surface area contributed by atoms with Crippen LogP contribution in [-0.2, 0) is 4.79 Å². The number of anilines is 1. The highest BCUT2D eigenvalue weighted by molar-refractivity contribution is 6.31. The largest absolute Gasteiger partial charge is 0.477 e. The van der Waals surface area contributed by atoms with Gasteiger partial charge in [-0.1, -0.05) is 23.2 Å². The lowest BCUT2D eigenvalue weighted by molar-refractivity contribution is -0.385. The van der Waals surface area contributed by atoms with Crippen LogP contribution in [0.2, 0.25) is 10.0 Å². The number of carbonyl (C=O) groups excluding carboxylic acids is 1. The molecule has 0 aromatic heterocycles. The Labute approximate surface area is 135 Å². The van der Waals surface area contributed by atoms with E-state index < -0.39 is 10.8 Å². The van der Waals surface area contributed by atoms with E-state index in [-0.39, 0.29) is 23.1 Å². The van der Waals surface area contributed by atoms with Crippen LogP contribution in [0.25, 0.3) is 0 Å². The quantitative estimate of drug-likeness (QED) is 0.660. The smallest absolute Gasteiger partial charge is 0.312 e. The molecule has 0 radical (unpaired) electrons. The first-order valence-electron chi connectivity index (χ1n) is 6.08. The number of halogens is 2. The normalized spacial score (nSPS) is 10.1. The monoisotopic (exact) mass is 340 g/mol. The Kier molecular flexibility index (Phi) is 5.19. The van der Waals surface area contributed by atoms with Gasteiger partial charge < -0.3 is 10.1 Å². The molecule has 0 bridgehead atoms. The molecule has 2 aromatic carbocycles. The van der Waals surface area contributed by atoms with Crippen LogP contribution in [0.15, 0.2) is 42.5 Å². The molecular formula is C14H10Cl2N2O4. The molecule has 0 fully saturated rings. The Morgan fingerprint density at radius 1 is 1.14 bits per heavy atom. The lowest BCUT2D eigenvalue weighted by Crippen LogP contribution is -2.20. The third kappa shape index (κ3) is 4.34. The molecule has 0 saturated heterocycles. The third-order valence-corrected chi connectivity index (χ3v) is 3.09. The van der Waals surface area contributed by atoms with Crippen molar-refractivity contribution in [2.75, 3.05) is 11.9 Å². The maximum atomic E-state index is 11.8. The van der Waals surface area contributed by atoms with Crippen LogP contribution in [0.4, 0.5) is 11.4 Å². The number of hydrogen-bond acceptors (Lipinski definition) is 4. The fourth-order valence-corrected chi connectivity index (χ4v) is 1.92. The van der Waals surface area contributed by atoms with E-state index in [1.54, 1.807) is 24.3 Å². The van der Waals surface area contributed by atoms with Gasteiger partial charge in [-0.25, -0.2) is 0 Å². The molecule has 2 aromatic rings. The summed E-state index contributed by atoms with van der Waals surface area (Å²) in [5, 5.41) is 14.2. The first kappa shape index (κ1) is 16.1. The minimum absolute atomic E-state index is 0.0272. The van der Waals surface area contributed by atoms with Crippen molar-refractivity contribution in [2.45, 2.75) is 0 Å². The topological polar surface area (TPSA) is 81.5 Å². The number of hydrogen-bond donors (Lipinski definition) is 1. The highest BCUT2D eigenvalue weighted by Gasteiger charge is 2.16. The van der Waals surface area contributed by atoms with Gasteiger partial charge in [0.2, 0.25) is 0 Å². The van der Waals surface area contributed by atoms with Crippen molar-refractivity contribution in [2.24, 2.45) is 0 Å². The number of benzene rings is 2. The first-order chi connectivity index (χ1) is 10.5. The van der Waals surface area contributed by atoms with Gasteiger partial charge in [0, 0.05) is 21.8 Å². The molecule has 0 atom stereocenters. The van der Waals surface area contributed by atoms with E-state index in [1.807, 2.05) is 0 Å². The lowest BCUT2D eigenvalue weighted by Gasteiger charge is -2.08. The van der Waals surface area contributed by atoms with Crippen LogP contribution < -0.4 is 10.1 Å². The van der Waals surface area contributed by atoms with Crippen molar-refractivity contribution in [3.63, 3.8) is 0 Å². The van der Waals surface area contributed by atoms with Gasteiger partial charge >= 0.3 is 5.69 Å². The van der Waals surface area contributed by atoms with E-state index in [2.05, 4.69) is 5.32 Å². The average molecular weight is 341 g/mol. The number of nitro benzene ring substituents is 1. The van der Waals surface area contributed by atoms with Crippen LogP contribution in [0.3, 0.4) is 0 Å². The lowest BCUT2D eigenvalue weighted by atomic mass is 10.3. The number of nitrogens with one attached hydrogen (secondary N) is 1. The molecule has 0 spiro atoms. The summed E-state index contributed by atoms with van der Waals surface area (Å²) in [6, 6.07) is 10.5. The molecule has 0 heterocycles. The minimum atomic E-state index is -0.627. The number of amides is 1. The summed E-state index contributed by atoms with van der Waals surface area (Å²) in [7, 11) is 0. The summed E-state index contributed by atoms with van der Waals surface area (Å²) in [6.07, 6.45) is 0. The summed E-state index contributed by atoms with van der Waals surface area (Å²) < 4.78 is 5.17. The Morgan fingerprint density at radius 2 is 1.77 bits per heavy atom. The molecule has 0 aliphatic rings. The zero-order chi connectivity index (χ0) is 16.1. The van der Waals surface area contributed by atoms with Gasteiger partial charge in [-0.3, -0.25) is 14.9 Å². The molecule has 1 amide bonds. The molecule has 1 N–H and O–H groups in total. The summed E-state index contributed by atoms with van der Waals surface area (Å²) in [4.78, 5) is 22.0. The van der Waals surface area contributed by atoms with Gasteiger partial charge in [-0.2, -0.15) is 0 Å². The summed E-state index contributed by atoms with van der Waals surface area (Å²) in [5.74, 6) is -0.479. The second-order valence-corrected chi connectivity index (χ2v) is 5.09. The number of rotatable bonds is 5. The maximum Gasteiger partial charge on any atom is 0.312 e. The highest BCUT2D eigenvalue weighted by atomic mass is 35.5. The summed E-state index contributed by atoms with van der Waals surface area (Å²) in [5.41, 5.74) is 0.246. The molecule has 8 heteroatoms. The van der Waals surface area contributed by atoms with Crippen molar-refractivity contribution >= 4 is 40.5 Å². The van der Waals surface area contributed by atoms with Gasteiger partial charge in [0.25, 0.3) is 5.91 Å². The van der Waals surface area contributed by atoms with E-state index in [9.17, 15) is 14.9 Å². The second-order valence-electron chi connectivity index (χ2n) is 4.21. The van der Waals surface area contributed by atoms with Crippen molar-refractivity contribution in [3.8, 4) is 5.75 Å². The zero-order valence-electron chi connectivity index (χ0n) is 11.1. The Balaban J connectivity index is 1.99. The van der Waals surface area contributed by atoms with E-state index in [1.165, 1.54) is 12.1 Å². The fraction of sp³-hybridized carbons (Fsp3) is 0.0714. The highest BCUT2D eigenvalue weighted by Crippen LogP contribution is 2.29. The third-order valence-electron chi connectivity index (χ3n) is 2.60. The van der Waals surface area contributed by atoms with Crippen LogP contribution in [0.1, 0.15) is 0 Å². The summed E-state index contributed by atoms with van der Waals surface area (Å²) in [6.45, 7) is -0.370.